The van der Waals surface area contributed by atoms with Crippen LogP contribution in [-0.2, 0) is 17.5 Å². The molecular formula is C33H42O4Si. The number of allylic oxidation sites excluding steroid dienone is 2. The molecule has 2 aliphatic carbocycles. The van der Waals surface area contributed by atoms with Crippen molar-refractivity contribution in [3.05, 3.63) is 70.8 Å². The van der Waals surface area contributed by atoms with Gasteiger partial charge in [-0.3, -0.25) is 4.79 Å². The van der Waals surface area contributed by atoms with Gasteiger partial charge in [-0.1, -0.05) is 64.1 Å². The number of rotatable bonds is 8. The van der Waals surface area contributed by atoms with Crippen LogP contribution in [0.3, 0.4) is 0 Å². The van der Waals surface area contributed by atoms with E-state index in [9.17, 15) is 4.79 Å². The molecule has 202 valence electrons. The van der Waals surface area contributed by atoms with Gasteiger partial charge in [0.25, 0.3) is 0 Å². The molecule has 5 heteroatoms. The van der Waals surface area contributed by atoms with Crippen molar-refractivity contribution in [2.45, 2.75) is 84.2 Å². The number of Topliss-reactive ketones (excluding diaryl/α,β-unsaturated/α-hetero) is 1. The Bertz CT molecular complexity index is 1250. The first-order chi connectivity index (χ1) is 17.9. The Morgan fingerprint density at radius 1 is 1.13 bits per heavy atom. The van der Waals surface area contributed by atoms with E-state index in [1.165, 1.54) is 0 Å². The van der Waals surface area contributed by atoms with Gasteiger partial charge < -0.3 is 13.9 Å². The molecule has 38 heavy (non-hydrogen) atoms. The lowest BCUT2D eigenvalue weighted by Gasteiger charge is -2.43. The molecule has 0 unspecified atom stereocenters. The maximum Gasteiger partial charge on any atom is 0.192 e. The number of methoxy groups -OCH3 is 1. The van der Waals surface area contributed by atoms with E-state index in [4.69, 9.17) is 20.3 Å². The molecule has 0 radical (unpaired) electrons. The third kappa shape index (κ3) is 5.35. The van der Waals surface area contributed by atoms with E-state index in [1.54, 1.807) is 7.11 Å². The summed E-state index contributed by atoms with van der Waals surface area (Å²) in [6, 6.07) is 13.7. The quantitative estimate of drug-likeness (QED) is 0.199. The fraction of sp³-hybridized carbons (Fsp3) is 0.485. The fourth-order valence-electron chi connectivity index (χ4n) is 5.49. The predicted molar refractivity (Wildman–Crippen MR) is 156 cm³/mol. The molecule has 0 aromatic heterocycles. The molecule has 4 nitrogen and oxygen atoms in total. The van der Waals surface area contributed by atoms with Crippen LogP contribution in [0.4, 0.5) is 0 Å². The summed E-state index contributed by atoms with van der Waals surface area (Å²) in [5.74, 6) is 4.54. The highest BCUT2D eigenvalue weighted by atomic mass is 28.4. The number of hydrogen-bond donors (Lipinski definition) is 0. The lowest BCUT2D eigenvalue weighted by Crippen LogP contribution is -2.47. The molecule has 3 atom stereocenters. The second kappa shape index (κ2) is 10.7. The van der Waals surface area contributed by atoms with E-state index < -0.39 is 8.32 Å². The van der Waals surface area contributed by atoms with Crippen molar-refractivity contribution in [1.29, 1.82) is 0 Å². The zero-order chi connectivity index (χ0) is 27.7. The zero-order valence-corrected chi connectivity index (χ0v) is 25.0. The summed E-state index contributed by atoms with van der Waals surface area (Å²) in [5, 5.41) is 0.126. The van der Waals surface area contributed by atoms with E-state index in [2.05, 4.69) is 52.8 Å². The maximum atomic E-state index is 13.4. The highest BCUT2D eigenvalue weighted by Crippen LogP contribution is 2.51. The standard InChI is InChI=1S/C33H42O4Si/c1-9-25-15-18-29(37-38(7,8)32(2,3)4)33(25,5)20-19-24-21-27-26(30(24)34)16-17-28(31(27)35-6)36-22-23-13-11-10-12-14-23/h1,10-14,16-17,19,25,29H,15,18,20-22H2,2-8H3/b24-19+/t25-,29+,33+/m1/s1. The van der Waals surface area contributed by atoms with E-state index in [0.717, 1.165) is 36.0 Å². The summed E-state index contributed by atoms with van der Waals surface area (Å²) in [4.78, 5) is 13.4. The lowest BCUT2D eigenvalue weighted by molar-refractivity contribution is 0.0633. The largest absolute Gasteiger partial charge is 0.493 e. The van der Waals surface area contributed by atoms with Gasteiger partial charge in [-0.15, -0.1) is 12.3 Å². The fourth-order valence-corrected chi connectivity index (χ4v) is 6.95. The highest BCUT2D eigenvalue weighted by Gasteiger charge is 2.50. The van der Waals surface area contributed by atoms with Gasteiger partial charge in [0.1, 0.15) is 6.61 Å². The third-order valence-corrected chi connectivity index (χ3v) is 13.5. The number of benzene rings is 2. The summed E-state index contributed by atoms with van der Waals surface area (Å²) in [6.07, 6.45) is 11.4. The van der Waals surface area contributed by atoms with Gasteiger partial charge in [0.15, 0.2) is 25.6 Å². The van der Waals surface area contributed by atoms with Gasteiger partial charge in [0.2, 0.25) is 0 Å². The molecule has 0 N–H and O–H groups in total. The topological polar surface area (TPSA) is 44.8 Å². The average Bonchev–Trinajstić information content (AvgIpc) is 3.36. The van der Waals surface area contributed by atoms with Crippen LogP contribution in [0.25, 0.3) is 0 Å². The minimum absolute atomic E-state index is 0.0635. The molecule has 0 bridgehead atoms. The zero-order valence-electron chi connectivity index (χ0n) is 24.0. The van der Waals surface area contributed by atoms with Crippen LogP contribution in [0.2, 0.25) is 18.1 Å². The smallest absolute Gasteiger partial charge is 0.192 e. The number of hydrogen-bond acceptors (Lipinski definition) is 4. The Morgan fingerprint density at radius 2 is 1.84 bits per heavy atom. The van der Waals surface area contributed by atoms with E-state index in [-0.39, 0.29) is 28.3 Å². The van der Waals surface area contributed by atoms with Crippen molar-refractivity contribution in [2.75, 3.05) is 7.11 Å². The molecule has 0 amide bonds. The summed E-state index contributed by atoms with van der Waals surface area (Å²) in [6.45, 7) is 14.1. The molecule has 2 aromatic carbocycles. The molecule has 1 saturated carbocycles. The van der Waals surface area contributed by atoms with Crippen LogP contribution in [-0.4, -0.2) is 27.3 Å². The first kappa shape index (κ1) is 28.2. The van der Waals surface area contributed by atoms with Crippen molar-refractivity contribution in [1.82, 2.24) is 0 Å². The van der Waals surface area contributed by atoms with E-state index in [1.807, 2.05) is 42.5 Å². The Hall–Kier alpha value is -2.81. The van der Waals surface area contributed by atoms with Gasteiger partial charge in [-0.2, -0.15) is 0 Å². The monoisotopic (exact) mass is 530 g/mol. The van der Waals surface area contributed by atoms with Crippen LogP contribution in [0, 0.1) is 23.7 Å². The highest BCUT2D eigenvalue weighted by molar-refractivity contribution is 6.74. The molecule has 0 aliphatic heterocycles. The normalized spacial score (nSPS) is 24.4. The predicted octanol–water partition coefficient (Wildman–Crippen LogP) is 7.77. The molecular weight excluding hydrogens is 488 g/mol. The first-order valence-electron chi connectivity index (χ1n) is 13.7. The van der Waals surface area contributed by atoms with E-state index in [0.29, 0.717) is 30.1 Å². The molecule has 2 aliphatic rings. The second-order valence-corrected chi connectivity index (χ2v) is 17.3. The summed E-state index contributed by atoms with van der Waals surface area (Å²) < 4.78 is 18.8. The van der Waals surface area contributed by atoms with Crippen LogP contribution in [0.5, 0.6) is 11.5 Å². The average molecular weight is 531 g/mol. The maximum absolute atomic E-state index is 13.4. The van der Waals surface area contributed by atoms with Crippen molar-refractivity contribution in [2.24, 2.45) is 11.3 Å². The lowest BCUT2D eigenvalue weighted by atomic mass is 9.75. The van der Waals surface area contributed by atoms with Gasteiger partial charge in [-0.25, -0.2) is 0 Å². The van der Waals surface area contributed by atoms with Gasteiger partial charge in [0, 0.05) is 34.5 Å². The summed E-state index contributed by atoms with van der Waals surface area (Å²) >= 11 is 0. The number of carbonyl (C=O) groups excluding carboxylic acids is 1. The Labute approximate surface area is 229 Å². The van der Waals surface area contributed by atoms with Gasteiger partial charge >= 0.3 is 0 Å². The molecule has 4 rings (SSSR count). The Balaban J connectivity index is 1.56. The van der Waals surface area contributed by atoms with Crippen LogP contribution < -0.4 is 9.47 Å². The third-order valence-electron chi connectivity index (χ3n) is 9.05. The Kier molecular flexibility index (Phi) is 7.98. The minimum Gasteiger partial charge on any atom is -0.493 e. The second-order valence-electron chi connectivity index (χ2n) is 12.5. The van der Waals surface area contributed by atoms with E-state index >= 15 is 0 Å². The molecule has 0 saturated heterocycles. The van der Waals surface area contributed by atoms with Gasteiger partial charge in [-0.05, 0) is 55.1 Å². The van der Waals surface area contributed by atoms with Crippen molar-refractivity contribution in [3.63, 3.8) is 0 Å². The Morgan fingerprint density at radius 3 is 2.47 bits per heavy atom. The number of carbonyl (C=O) groups is 1. The first-order valence-corrected chi connectivity index (χ1v) is 16.6. The van der Waals surface area contributed by atoms with Crippen molar-refractivity contribution < 1.29 is 18.7 Å². The summed E-state index contributed by atoms with van der Waals surface area (Å²) in [5.41, 5.74) is 3.26. The molecule has 2 aromatic rings. The van der Waals surface area contributed by atoms with Crippen LogP contribution in [0.15, 0.2) is 54.1 Å². The summed E-state index contributed by atoms with van der Waals surface area (Å²) in [7, 11) is -0.329. The number of ketones is 1. The molecule has 0 heterocycles. The van der Waals surface area contributed by atoms with Gasteiger partial charge in [0.05, 0.1) is 13.2 Å². The van der Waals surface area contributed by atoms with Crippen molar-refractivity contribution in [3.8, 4) is 23.8 Å². The number of terminal acetylenes is 1. The van der Waals surface area contributed by atoms with Crippen LogP contribution >= 0.6 is 0 Å². The number of fused-ring (bicyclic) bond motifs is 1. The molecule has 1 fully saturated rings. The SMILES string of the molecule is C#C[C@@H]1CC[C@H](O[Si](C)(C)C(C)(C)C)[C@@]1(C)C/C=C1\Cc2c(ccc(OCc3ccccc3)c2OC)C1=O. The number of ether oxygens (including phenoxy) is 2. The van der Waals surface area contributed by atoms with Crippen molar-refractivity contribution >= 4 is 14.1 Å². The molecule has 0 spiro atoms. The minimum atomic E-state index is -1.96. The van der Waals surface area contributed by atoms with Crippen LogP contribution in [0.1, 0.15) is 68.4 Å².